The summed E-state index contributed by atoms with van der Waals surface area (Å²) in [7, 11) is 0. The number of anilines is 1. The summed E-state index contributed by atoms with van der Waals surface area (Å²) in [5.41, 5.74) is 2.89. The summed E-state index contributed by atoms with van der Waals surface area (Å²) < 4.78 is 12.6. The number of benzene rings is 3. The Morgan fingerprint density at radius 3 is 2.26 bits per heavy atom. The second-order valence-corrected chi connectivity index (χ2v) is 8.95. The highest BCUT2D eigenvalue weighted by Crippen LogP contribution is 2.35. The van der Waals surface area contributed by atoms with Gasteiger partial charge in [0.1, 0.15) is 18.1 Å². The monoisotopic (exact) mass is 543 g/mol. The van der Waals surface area contributed by atoms with E-state index in [4.69, 9.17) is 9.47 Å². The summed E-state index contributed by atoms with van der Waals surface area (Å²) in [4.78, 5) is 24.8. The van der Waals surface area contributed by atoms with E-state index in [1.54, 1.807) is 4.90 Å². The molecule has 0 saturated carbocycles. The van der Waals surface area contributed by atoms with Crippen molar-refractivity contribution in [2.45, 2.75) is 13.0 Å². The first-order chi connectivity index (χ1) is 15.0. The maximum absolute atomic E-state index is 12.1. The van der Waals surface area contributed by atoms with Crippen molar-refractivity contribution in [2.24, 2.45) is 0 Å². The third-order valence-corrected chi connectivity index (χ3v) is 5.83. The number of amides is 1. The Bertz CT molecular complexity index is 1120. The number of Topliss-reactive ketones (excluding diaryl/α,β-unsaturated/α-hetero) is 1. The van der Waals surface area contributed by atoms with Crippen molar-refractivity contribution in [3.05, 3.63) is 86.8 Å². The van der Waals surface area contributed by atoms with Crippen LogP contribution in [0.25, 0.3) is 0 Å². The molecule has 0 N–H and O–H groups in total. The van der Waals surface area contributed by atoms with E-state index in [-0.39, 0.29) is 24.9 Å². The molecule has 0 saturated heterocycles. The van der Waals surface area contributed by atoms with E-state index in [1.165, 1.54) is 0 Å². The van der Waals surface area contributed by atoms with Gasteiger partial charge in [-0.1, -0.05) is 62.2 Å². The number of ether oxygens (including phenoxy) is 2. The van der Waals surface area contributed by atoms with Crippen molar-refractivity contribution in [1.82, 2.24) is 0 Å². The van der Waals surface area contributed by atoms with Gasteiger partial charge >= 0.3 is 0 Å². The standard InChI is InChI=1S/C15H12BrNO2.C9H7BrO2/c16-12-6-7-14-13(8-12)17(15(18)10-19-14)9-11-4-2-1-3-5-11;10-7-1-2-9-6(3-7)4-8(11)5-12-9/h1-8H,9-10H2;1-3H,4-5H2. The fraction of sp³-hybridized carbons (Fsp3) is 0.167. The fourth-order valence-electron chi connectivity index (χ4n) is 3.36. The van der Waals surface area contributed by atoms with Gasteiger partial charge in [0.25, 0.3) is 5.91 Å². The number of halogens is 2. The van der Waals surface area contributed by atoms with Crippen LogP contribution >= 0.6 is 31.9 Å². The van der Waals surface area contributed by atoms with Crippen molar-refractivity contribution < 1.29 is 19.1 Å². The maximum atomic E-state index is 12.1. The van der Waals surface area contributed by atoms with E-state index in [0.717, 1.165) is 37.3 Å². The number of carbonyl (C=O) groups is 2. The highest BCUT2D eigenvalue weighted by atomic mass is 79.9. The quantitative estimate of drug-likeness (QED) is 0.437. The first kappa shape index (κ1) is 21.6. The molecule has 0 radical (unpaired) electrons. The topological polar surface area (TPSA) is 55.8 Å². The van der Waals surface area contributed by atoms with Crippen LogP contribution < -0.4 is 14.4 Å². The molecule has 5 rings (SSSR count). The minimum absolute atomic E-state index is 0.0190. The van der Waals surface area contributed by atoms with Crippen LogP contribution in [0.4, 0.5) is 5.69 Å². The van der Waals surface area contributed by atoms with Crippen molar-refractivity contribution in [3.8, 4) is 11.5 Å². The molecule has 31 heavy (non-hydrogen) atoms. The van der Waals surface area contributed by atoms with E-state index >= 15 is 0 Å². The SMILES string of the molecule is O=C1COc2ccc(Br)cc2C1.O=C1COc2ccc(Br)cc2N1Cc1ccccc1. The highest BCUT2D eigenvalue weighted by molar-refractivity contribution is 9.10. The Labute approximate surface area is 197 Å². The van der Waals surface area contributed by atoms with Gasteiger partial charge in [-0.2, -0.15) is 0 Å². The van der Waals surface area contributed by atoms with Crippen LogP contribution in [0, 0.1) is 0 Å². The van der Waals surface area contributed by atoms with Crippen LogP contribution in [-0.4, -0.2) is 24.9 Å². The van der Waals surface area contributed by atoms with Gasteiger partial charge in [-0.15, -0.1) is 0 Å². The van der Waals surface area contributed by atoms with Gasteiger partial charge in [0.05, 0.1) is 12.2 Å². The van der Waals surface area contributed by atoms with Gasteiger partial charge in [0.2, 0.25) is 0 Å². The summed E-state index contributed by atoms with van der Waals surface area (Å²) in [5, 5.41) is 0. The van der Waals surface area contributed by atoms with Crippen LogP contribution in [0.1, 0.15) is 11.1 Å². The Morgan fingerprint density at radius 2 is 1.48 bits per heavy atom. The van der Waals surface area contributed by atoms with Gasteiger partial charge in [-0.05, 0) is 42.0 Å². The first-order valence-electron chi connectivity index (χ1n) is 9.69. The molecule has 2 heterocycles. The lowest BCUT2D eigenvalue weighted by atomic mass is 10.1. The molecule has 1 amide bonds. The first-order valence-corrected chi connectivity index (χ1v) is 11.3. The molecule has 3 aromatic carbocycles. The van der Waals surface area contributed by atoms with Crippen molar-refractivity contribution in [1.29, 1.82) is 0 Å². The zero-order chi connectivity index (χ0) is 21.8. The number of fused-ring (bicyclic) bond motifs is 2. The highest BCUT2D eigenvalue weighted by Gasteiger charge is 2.25. The van der Waals surface area contributed by atoms with Crippen LogP contribution in [0.15, 0.2) is 75.7 Å². The molecule has 5 nitrogen and oxygen atoms in total. The van der Waals surface area contributed by atoms with Gasteiger partial charge in [-0.3, -0.25) is 9.59 Å². The van der Waals surface area contributed by atoms with Gasteiger partial charge in [0.15, 0.2) is 12.4 Å². The Morgan fingerprint density at radius 1 is 0.806 bits per heavy atom. The minimum Gasteiger partial charge on any atom is -0.486 e. The molecule has 2 aliphatic rings. The lowest BCUT2D eigenvalue weighted by Gasteiger charge is -2.29. The average Bonchev–Trinajstić information content (AvgIpc) is 2.77. The Kier molecular flexibility index (Phi) is 6.73. The van der Waals surface area contributed by atoms with Crippen molar-refractivity contribution >= 4 is 49.2 Å². The van der Waals surface area contributed by atoms with E-state index in [0.29, 0.717) is 13.0 Å². The number of nitrogens with zero attached hydrogens (tertiary/aromatic N) is 1. The maximum Gasteiger partial charge on any atom is 0.265 e. The van der Waals surface area contributed by atoms with E-state index in [2.05, 4.69) is 31.9 Å². The Balaban J connectivity index is 0.000000166. The molecule has 7 heteroatoms. The Hall–Kier alpha value is -2.64. The summed E-state index contributed by atoms with van der Waals surface area (Å²) in [5.74, 6) is 1.70. The van der Waals surface area contributed by atoms with Crippen LogP contribution in [0.2, 0.25) is 0 Å². The summed E-state index contributed by atoms with van der Waals surface area (Å²) >= 11 is 6.77. The smallest absolute Gasteiger partial charge is 0.265 e. The number of hydrogen-bond acceptors (Lipinski definition) is 4. The molecule has 0 atom stereocenters. The van der Waals surface area contributed by atoms with E-state index in [1.807, 2.05) is 66.7 Å². The summed E-state index contributed by atoms with van der Waals surface area (Å²) in [6.07, 6.45) is 0.495. The van der Waals surface area contributed by atoms with E-state index in [9.17, 15) is 9.59 Å². The van der Waals surface area contributed by atoms with Crippen LogP contribution in [-0.2, 0) is 22.6 Å². The number of carbonyl (C=O) groups excluding carboxylic acids is 2. The molecule has 0 unspecified atom stereocenters. The predicted octanol–water partition coefficient (Wildman–Crippen LogP) is 5.33. The average molecular weight is 545 g/mol. The molecule has 3 aromatic rings. The predicted molar refractivity (Wildman–Crippen MR) is 126 cm³/mol. The van der Waals surface area contributed by atoms with Crippen molar-refractivity contribution in [3.63, 3.8) is 0 Å². The molecule has 0 spiro atoms. The molecule has 0 fully saturated rings. The van der Waals surface area contributed by atoms with E-state index < -0.39 is 0 Å². The largest absolute Gasteiger partial charge is 0.486 e. The molecular weight excluding hydrogens is 526 g/mol. The number of rotatable bonds is 2. The van der Waals surface area contributed by atoms with Gasteiger partial charge in [-0.25, -0.2) is 0 Å². The lowest BCUT2D eigenvalue weighted by Crippen LogP contribution is -2.38. The minimum atomic E-state index is -0.0190. The second-order valence-electron chi connectivity index (χ2n) is 7.12. The third-order valence-electron chi connectivity index (χ3n) is 4.85. The molecule has 158 valence electrons. The molecule has 0 bridgehead atoms. The molecule has 0 aromatic heterocycles. The molecular formula is C24H19Br2NO4. The number of ketones is 1. The van der Waals surface area contributed by atoms with Gasteiger partial charge < -0.3 is 14.4 Å². The van der Waals surface area contributed by atoms with Crippen LogP contribution in [0.3, 0.4) is 0 Å². The van der Waals surface area contributed by atoms with Crippen molar-refractivity contribution in [2.75, 3.05) is 18.1 Å². The lowest BCUT2D eigenvalue weighted by molar-refractivity contribution is -0.122. The van der Waals surface area contributed by atoms with Crippen LogP contribution in [0.5, 0.6) is 11.5 Å². The summed E-state index contributed by atoms with van der Waals surface area (Å²) in [6, 6.07) is 21.4. The third kappa shape index (κ3) is 5.35. The second kappa shape index (κ2) is 9.66. The zero-order valence-electron chi connectivity index (χ0n) is 16.5. The van der Waals surface area contributed by atoms with Gasteiger partial charge in [0, 0.05) is 20.9 Å². The molecule has 2 aliphatic heterocycles. The number of hydrogen-bond donors (Lipinski definition) is 0. The summed E-state index contributed by atoms with van der Waals surface area (Å²) in [6.45, 7) is 0.878. The zero-order valence-corrected chi connectivity index (χ0v) is 19.7. The molecule has 0 aliphatic carbocycles. The normalized spacial score (nSPS) is 14.5. The fourth-order valence-corrected chi connectivity index (χ4v) is 4.12.